The van der Waals surface area contributed by atoms with Crippen molar-refractivity contribution in [3.8, 4) is 0 Å². The van der Waals surface area contributed by atoms with Crippen LogP contribution in [0.2, 0.25) is 0 Å². The van der Waals surface area contributed by atoms with Crippen LogP contribution in [0, 0.1) is 0 Å². The van der Waals surface area contributed by atoms with Crippen molar-refractivity contribution in [3.63, 3.8) is 0 Å². The third kappa shape index (κ3) is 3.80. The molecule has 0 aromatic carbocycles. The van der Waals surface area contributed by atoms with Crippen molar-refractivity contribution in [2.45, 2.75) is 75.2 Å². The van der Waals surface area contributed by atoms with Crippen LogP contribution in [0.25, 0.3) is 0 Å². The average Bonchev–Trinajstić information content (AvgIpc) is 3.14. The van der Waals surface area contributed by atoms with Crippen LogP contribution in [-0.2, 0) is 16.6 Å². The number of hydrogen-bond acceptors (Lipinski definition) is 4. The van der Waals surface area contributed by atoms with Crippen LogP contribution >= 0.6 is 0 Å². The molecule has 1 saturated heterocycles. The molecule has 2 aromatic heterocycles. The number of rotatable bonds is 6. The molecule has 2 aromatic rings. The van der Waals surface area contributed by atoms with Crippen molar-refractivity contribution in [3.05, 3.63) is 54.4 Å². The van der Waals surface area contributed by atoms with Crippen molar-refractivity contribution in [2.75, 3.05) is 6.61 Å². The second-order valence-electron chi connectivity index (χ2n) is 8.11. The molecule has 26 heavy (non-hydrogen) atoms. The lowest BCUT2D eigenvalue weighted by Gasteiger charge is -2.46. The first-order valence-corrected chi connectivity index (χ1v) is 10.1. The van der Waals surface area contributed by atoms with Crippen molar-refractivity contribution in [2.24, 2.45) is 0 Å². The van der Waals surface area contributed by atoms with Gasteiger partial charge in [0, 0.05) is 36.3 Å². The lowest BCUT2D eigenvalue weighted by Crippen LogP contribution is -2.46. The molecule has 1 atom stereocenters. The Morgan fingerprint density at radius 3 is 2.62 bits per heavy atom. The maximum atomic E-state index is 6.33. The molecular weight excluding hydrogens is 322 g/mol. The monoisotopic (exact) mass is 351 g/mol. The van der Waals surface area contributed by atoms with Gasteiger partial charge in [0.25, 0.3) is 0 Å². The van der Waals surface area contributed by atoms with Gasteiger partial charge < -0.3 is 4.74 Å². The van der Waals surface area contributed by atoms with Gasteiger partial charge in [0.2, 0.25) is 0 Å². The first kappa shape index (κ1) is 17.6. The van der Waals surface area contributed by atoms with Gasteiger partial charge in [-0.25, -0.2) is 9.97 Å². The molecule has 3 heterocycles. The van der Waals surface area contributed by atoms with E-state index >= 15 is 0 Å². The molecule has 138 valence electrons. The van der Waals surface area contributed by atoms with Gasteiger partial charge >= 0.3 is 0 Å². The van der Waals surface area contributed by atoms with Crippen molar-refractivity contribution in [1.29, 1.82) is 0 Å². The van der Waals surface area contributed by atoms with Crippen molar-refractivity contribution in [1.82, 2.24) is 15.0 Å². The molecule has 1 saturated carbocycles. The van der Waals surface area contributed by atoms with E-state index in [1.807, 2.05) is 24.7 Å². The quantitative estimate of drug-likeness (QED) is 0.711. The molecule has 0 bridgehead atoms. The molecule has 1 unspecified atom stereocenters. The van der Waals surface area contributed by atoms with E-state index in [0.29, 0.717) is 0 Å². The fraction of sp³-hybridized carbons (Fsp3) is 0.591. The standard InChI is InChI=1S/C22H29N3O/c1(7-19-15-23-18-24-16-19)3-9-21(20-8-2-6-13-25-20)12-14-26-22(17-21)10-4-5-11-22/h2,6,8,13,15-16,18H,1,3-5,7,9-12,14,17H2. The van der Waals surface area contributed by atoms with Gasteiger partial charge in [0.1, 0.15) is 6.33 Å². The van der Waals surface area contributed by atoms with Gasteiger partial charge in [0.15, 0.2) is 0 Å². The zero-order valence-electron chi connectivity index (χ0n) is 15.6. The van der Waals surface area contributed by atoms with E-state index < -0.39 is 0 Å². The Morgan fingerprint density at radius 1 is 1.00 bits per heavy atom. The number of ether oxygens (including phenoxy) is 1. The van der Waals surface area contributed by atoms with E-state index in [0.717, 1.165) is 25.9 Å². The van der Waals surface area contributed by atoms with Crippen LogP contribution in [-0.4, -0.2) is 27.2 Å². The summed E-state index contributed by atoms with van der Waals surface area (Å²) in [6, 6.07) is 6.40. The number of aromatic nitrogens is 3. The second-order valence-corrected chi connectivity index (χ2v) is 8.11. The van der Waals surface area contributed by atoms with Crippen LogP contribution in [0.15, 0.2) is 43.1 Å². The summed E-state index contributed by atoms with van der Waals surface area (Å²) >= 11 is 0. The van der Waals surface area contributed by atoms with Crippen LogP contribution in [0.3, 0.4) is 0 Å². The van der Waals surface area contributed by atoms with Gasteiger partial charge in [-0.1, -0.05) is 25.3 Å². The first-order chi connectivity index (χ1) is 12.8. The molecule has 0 radical (unpaired) electrons. The highest BCUT2D eigenvalue weighted by atomic mass is 16.5. The summed E-state index contributed by atoms with van der Waals surface area (Å²) in [7, 11) is 0. The molecular formula is C22H29N3O. The van der Waals surface area contributed by atoms with E-state index in [-0.39, 0.29) is 11.0 Å². The molecule has 0 N–H and O–H groups in total. The molecule has 1 spiro atoms. The molecule has 0 amide bonds. The van der Waals surface area contributed by atoms with Crippen molar-refractivity contribution < 1.29 is 4.74 Å². The summed E-state index contributed by atoms with van der Waals surface area (Å²) in [6.45, 7) is 0.878. The topological polar surface area (TPSA) is 47.9 Å². The Hall–Kier alpha value is -1.81. The Balaban J connectivity index is 1.46. The molecule has 4 nitrogen and oxygen atoms in total. The van der Waals surface area contributed by atoms with Crippen LogP contribution < -0.4 is 0 Å². The van der Waals surface area contributed by atoms with Gasteiger partial charge in [-0.15, -0.1) is 0 Å². The van der Waals surface area contributed by atoms with E-state index in [1.54, 1.807) is 6.33 Å². The summed E-state index contributed by atoms with van der Waals surface area (Å²) in [5.41, 5.74) is 2.80. The van der Waals surface area contributed by atoms with Gasteiger partial charge in [-0.2, -0.15) is 0 Å². The smallest absolute Gasteiger partial charge is 0.115 e. The lowest BCUT2D eigenvalue weighted by molar-refractivity contribution is -0.104. The zero-order valence-corrected chi connectivity index (χ0v) is 15.6. The minimum absolute atomic E-state index is 0.114. The Bertz CT molecular complexity index is 685. The number of pyridine rings is 1. The molecule has 1 aliphatic carbocycles. The fourth-order valence-electron chi connectivity index (χ4n) is 5.05. The van der Waals surface area contributed by atoms with Gasteiger partial charge in [0.05, 0.1) is 5.60 Å². The summed E-state index contributed by atoms with van der Waals surface area (Å²) < 4.78 is 6.33. The number of hydrogen-bond donors (Lipinski definition) is 0. The highest BCUT2D eigenvalue weighted by molar-refractivity contribution is 5.20. The maximum absolute atomic E-state index is 6.33. The molecule has 2 aliphatic rings. The van der Waals surface area contributed by atoms with Gasteiger partial charge in [-0.3, -0.25) is 4.98 Å². The predicted octanol–water partition coefficient (Wildman–Crippen LogP) is 4.65. The Labute approximate surface area is 156 Å². The first-order valence-electron chi connectivity index (χ1n) is 10.1. The van der Waals surface area contributed by atoms with E-state index in [4.69, 9.17) is 9.72 Å². The SMILES string of the molecule is c1ccc(C2(CCCCc3cncnc3)CCOC3(CCCC3)C2)nc1. The summed E-state index contributed by atoms with van der Waals surface area (Å²) in [4.78, 5) is 13.0. The van der Waals surface area contributed by atoms with Crippen LogP contribution in [0.4, 0.5) is 0 Å². The maximum Gasteiger partial charge on any atom is 0.115 e. The molecule has 4 rings (SSSR count). The zero-order chi connectivity index (χ0) is 17.7. The largest absolute Gasteiger partial charge is 0.375 e. The predicted molar refractivity (Wildman–Crippen MR) is 102 cm³/mol. The highest BCUT2D eigenvalue weighted by Gasteiger charge is 2.48. The molecule has 4 heteroatoms. The normalized spacial score (nSPS) is 24.8. The minimum Gasteiger partial charge on any atom is -0.375 e. The Kier molecular flexibility index (Phi) is 5.30. The summed E-state index contributed by atoms with van der Waals surface area (Å²) in [6.07, 6.45) is 19.4. The van der Waals surface area contributed by atoms with Gasteiger partial charge in [-0.05, 0) is 62.6 Å². The fourth-order valence-corrected chi connectivity index (χ4v) is 5.05. The van der Waals surface area contributed by atoms with Crippen LogP contribution in [0.1, 0.15) is 69.0 Å². The third-order valence-electron chi connectivity index (χ3n) is 6.36. The molecule has 1 aliphatic heterocycles. The highest BCUT2D eigenvalue weighted by Crippen LogP contribution is 2.50. The van der Waals surface area contributed by atoms with Crippen molar-refractivity contribution >= 4 is 0 Å². The number of aryl methyl sites for hydroxylation is 1. The minimum atomic E-state index is 0.114. The van der Waals surface area contributed by atoms with E-state index in [1.165, 1.54) is 56.2 Å². The summed E-state index contributed by atoms with van der Waals surface area (Å²) in [5, 5.41) is 0. The third-order valence-corrected chi connectivity index (χ3v) is 6.36. The van der Waals surface area contributed by atoms with E-state index in [9.17, 15) is 0 Å². The number of unbranched alkanes of at least 4 members (excludes halogenated alkanes) is 1. The second kappa shape index (κ2) is 7.83. The Morgan fingerprint density at radius 2 is 1.85 bits per heavy atom. The van der Waals surface area contributed by atoms with Crippen LogP contribution in [0.5, 0.6) is 0 Å². The summed E-state index contributed by atoms with van der Waals surface area (Å²) in [5.74, 6) is 0. The molecule has 2 fully saturated rings. The number of nitrogens with zero attached hydrogens (tertiary/aromatic N) is 3. The van der Waals surface area contributed by atoms with E-state index in [2.05, 4.69) is 22.1 Å². The average molecular weight is 351 g/mol. The lowest BCUT2D eigenvalue weighted by atomic mass is 9.67.